The first-order valence-corrected chi connectivity index (χ1v) is 5.81. The van der Waals surface area contributed by atoms with E-state index in [0.717, 1.165) is 0 Å². The lowest BCUT2D eigenvalue weighted by molar-refractivity contribution is -0.143. The number of para-hydroxylation sites is 1. The van der Waals surface area contributed by atoms with Crippen LogP contribution in [0, 0.1) is 0 Å². The minimum absolute atomic E-state index is 0.118. The van der Waals surface area contributed by atoms with Gasteiger partial charge in [-0.15, -0.1) is 0 Å². The molecule has 2 N–H and O–H groups in total. The van der Waals surface area contributed by atoms with Crippen molar-refractivity contribution in [1.82, 2.24) is 5.32 Å². The minimum atomic E-state index is -1.17. The van der Waals surface area contributed by atoms with Crippen LogP contribution >= 0.6 is 11.6 Å². The van der Waals surface area contributed by atoms with Crippen molar-refractivity contribution in [3.63, 3.8) is 0 Å². The number of aliphatic carboxylic acids is 1. The molecule has 0 fully saturated rings. The van der Waals surface area contributed by atoms with Crippen LogP contribution in [0.3, 0.4) is 0 Å². The number of amides is 1. The molecule has 0 bridgehead atoms. The van der Waals surface area contributed by atoms with Crippen LogP contribution in [0.4, 0.5) is 0 Å². The fourth-order valence-corrected chi connectivity index (χ4v) is 1.47. The van der Waals surface area contributed by atoms with E-state index in [1.807, 2.05) is 0 Å². The molecule has 1 amide bonds. The highest BCUT2D eigenvalue weighted by Crippen LogP contribution is 2.22. The number of benzene rings is 1. The Morgan fingerprint density at radius 1 is 1.42 bits per heavy atom. The van der Waals surface area contributed by atoms with Gasteiger partial charge in [0.05, 0.1) is 11.6 Å². The van der Waals surface area contributed by atoms with Gasteiger partial charge in [-0.1, -0.05) is 23.7 Å². The van der Waals surface area contributed by atoms with Crippen LogP contribution in [0.25, 0.3) is 0 Å². The van der Waals surface area contributed by atoms with Crippen LogP contribution in [0.5, 0.6) is 5.75 Å². The summed E-state index contributed by atoms with van der Waals surface area (Å²) in [6, 6.07) is 5.57. The third kappa shape index (κ3) is 5.15. The smallest absolute Gasteiger partial charge is 0.328 e. The van der Waals surface area contributed by atoms with Gasteiger partial charge in [0.1, 0.15) is 5.75 Å². The van der Waals surface area contributed by atoms with E-state index in [1.54, 1.807) is 24.3 Å². The standard InChI is InChI=1S/C12H14ClNO5/c1-18-6-9(12(16)17)14-11(15)7-19-10-5-3-2-4-8(10)13/h2-5,9H,6-7H2,1H3,(H,14,15)(H,16,17). The van der Waals surface area contributed by atoms with E-state index < -0.39 is 17.9 Å². The number of rotatable bonds is 7. The Morgan fingerprint density at radius 3 is 2.68 bits per heavy atom. The molecule has 19 heavy (non-hydrogen) atoms. The Bertz CT molecular complexity index is 452. The molecular weight excluding hydrogens is 274 g/mol. The lowest BCUT2D eigenvalue weighted by Gasteiger charge is -2.14. The topological polar surface area (TPSA) is 84.9 Å². The first kappa shape index (κ1) is 15.3. The number of halogens is 1. The van der Waals surface area contributed by atoms with Gasteiger partial charge < -0.3 is 19.9 Å². The van der Waals surface area contributed by atoms with Crippen molar-refractivity contribution in [2.75, 3.05) is 20.3 Å². The SMILES string of the molecule is COCC(NC(=O)COc1ccccc1Cl)C(=O)O. The van der Waals surface area contributed by atoms with Crippen LogP contribution in [-0.4, -0.2) is 43.3 Å². The predicted octanol–water partition coefficient (Wildman–Crippen LogP) is 0.935. The van der Waals surface area contributed by atoms with Gasteiger partial charge >= 0.3 is 5.97 Å². The summed E-state index contributed by atoms with van der Waals surface area (Å²) in [4.78, 5) is 22.3. The summed E-state index contributed by atoms with van der Waals surface area (Å²) in [7, 11) is 1.35. The highest BCUT2D eigenvalue weighted by Gasteiger charge is 2.19. The number of carbonyl (C=O) groups excluding carboxylic acids is 1. The number of carbonyl (C=O) groups is 2. The minimum Gasteiger partial charge on any atom is -0.482 e. The van der Waals surface area contributed by atoms with Crippen molar-refractivity contribution in [3.05, 3.63) is 29.3 Å². The molecule has 0 aliphatic heterocycles. The molecule has 1 unspecified atom stereocenters. The zero-order chi connectivity index (χ0) is 14.3. The van der Waals surface area contributed by atoms with Gasteiger partial charge in [0.15, 0.2) is 12.6 Å². The zero-order valence-electron chi connectivity index (χ0n) is 10.3. The molecule has 7 heteroatoms. The van der Waals surface area contributed by atoms with Crippen LogP contribution in [0.1, 0.15) is 0 Å². The summed E-state index contributed by atoms with van der Waals surface area (Å²) in [5.41, 5.74) is 0. The van der Waals surface area contributed by atoms with Gasteiger partial charge in [-0.25, -0.2) is 4.79 Å². The average Bonchev–Trinajstić information content (AvgIpc) is 2.37. The molecule has 0 aromatic heterocycles. The highest BCUT2D eigenvalue weighted by molar-refractivity contribution is 6.32. The summed E-state index contributed by atoms with van der Waals surface area (Å²) < 4.78 is 9.87. The molecule has 0 saturated heterocycles. The lowest BCUT2D eigenvalue weighted by Crippen LogP contribution is -2.45. The Labute approximate surface area is 115 Å². The van der Waals surface area contributed by atoms with Gasteiger partial charge in [0, 0.05) is 7.11 Å². The van der Waals surface area contributed by atoms with E-state index in [-0.39, 0.29) is 13.2 Å². The third-order valence-corrected chi connectivity index (χ3v) is 2.47. The lowest BCUT2D eigenvalue weighted by atomic mass is 10.3. The van der Waals surface area contributed by atoms with Gasteiger partial charge in [-0.3, -0.25) is 4.79 Å². The monoisotopic (exact) mass is 287 g/mol. The molecule has 1 aromatic rings. The summed E-state index contributed by atoms with van der Waals surface area (Å²) in [6.45, 7) is -0.440. The molecule has 104 valence electrons. The van der Waals surface area contributed by atoms with E-state index in [9.17, 15) is 9.59 Å². The molecule has 0 aliphatic rings. The van der Waals surface area contributed by atoms with Crippen molar-refractivity contribution < 1.29 is 24.2 Å². The molecule has 1 rings (SSSR count). The van der Waals surface area contributed by atoms with Gasteiger partial charge in [0.25, 0.3) is 5.91 Å². The van der Waals surface area contributed by atoms with E-state index in [0.29, 0.717) is 10.8 Å². The van der Waals surface area contributed by atoms with Crippen molar-refractivity contribution in [2.45, 2.75) is 6.04 Å². The first-order chi connectivity index (χ1) is 9.04. The van der Waals surface area contributed by atoms with Crippen LogP contribution < -0.4 is 10.1 Å². The Morgan fingerprint density at radius 2 is 2.11 bits per heavy atom. The molecule has 1 aromatic carbocycles. The van der Waals surface area contributed by atoms with Crippen molar-refractivity contribution in [3.8, 4) is 5.75 Å². The van der Waals surface area contributed by atoms with Crippen LogP contribution in [-0.2, 0) is 14.3 Å². The summed E-state index contributed by atoms with van der Waals surface area (Å²) in [5, 5.41) is 11.5. The number of methoxy groups -OCH3 is 1. The van der Waals surface area contributed by atoms with E-state index in [4.69, 9.17) is 26.2 Å². The first-order valence-electron chi connectivity index (χ1n) is 5.43. The fraction of sp³-hybridized carbons (Fsp3) is 0.333. The molecule has 0 aliphatic carbocycles. The van der Waals surface area contributed by atoms with E-state index in [1.165, 1.54) is 7.11 Å². The Kier molecular flexibility index (Phi) is 6.11. The fourth-order valence-electron chi connectivity index (χ4n) is 1.28. The molecule has 0 heterocycles. The Balaban J connectivity index is 2.47. The number of carboxylic acids is 1. The van der Waals surface area contributed by atoms with Crippen molar-refractivity contribution in [1.29, 1.82) is 0 Å². The molecule has 0 radical (unpaired) electrons. The van der Waals surface area contributed by atoms with E-state index in [2.05, 4.69) is 5.32 Å². The maximum absolute atomic E-state index is 11.5. The van der Waals surface area contributed by atoms with Crippen molar-refractivity contribution in [2.24, 2.45) is 0 Å². The van der Waals surface area contributed by atoms with Crippen LogP contribution in [0.15, 0.2) is 24.3 Å². The number of ether oxygens (including phenoxy) is 2. The Hall–Kier alpha value is -1.79. The molecule has 0 saturated carbocycles. The summed E-state index contributed by atoms with van der Waals surface area (Å²) in [5.74, 6) is -1.38. The van der Waals surface area contributed by atoms with E-state index >= 15 is 0 Å². The predicted molar refractivity (Wildman–Crippen MR) is 68.4 cm³/mol. The molecular formula is C12H14ClNO5. The van der Waals surface area contributed by atoms with Gasteiger partial charge in [-0.2, -0.15) is 0 Å². The average molecular weight is 288 g/mol. The number of hydrogen-bond acceptors (Lipinski definition) is 4. The van der Waals surface area contributed by atoms with Gasteiger partial charge in [0.2, 0.25) is 0 Å². The molecule has 6 nitrogen and oxygen atoms in total. The second-order valence-corrected chi connectivity index (χ2v) is 4.04. The quantitative estimate of drug-likeness (QED) is 0.779. The maximum Gasteiger partial charge on any atom is 0.328 e. The maximum atomic E-state index is 11.5. The number of nitrogens with one attached hydrogen (secondary N) is 1. The largest absolute Gasteiger partial charge is 0.482 e. The highest BCUT2D eigenvalue weighted by atomic mass is 35.5. The second kappa shape index (κ2) is 7.60. The summed E-state index contributed by atoms with van der Waals surface area (Å²) in [6.07, 6.45) is 0. The summed E-state index contributed by atoms with van der Waals surface area (Å²) >= 11 is 5.84. The third-order valence-electron chi connectivity index (χ3n) is 2.16. The van der Waals surface area contributed by atoms with Crippen LogP contribution in [0.2, 0.25) is 5.02 Å². The number of hydrogen-bond donors (Lipinski definition) is 2. The molecule has 1 atom stereocenters. The molecule has 0 spiro atoms. The normalized spacial score (nSPS) is 11.7. The zero-order valence-corrected chi connectivity index (χ0v) is 11.0. The van der Waals surface area contributed by atoms with Crippen molar-refractivity contribution >= 4 is 23.5 Å². The second-order valence-electron chi connectivity index (χ2n) is 3.63. The van der Waals surface area contributed by atoms with Gasteiger partial charge in [-0.05, 0) is 12.1 Å². The number of carboxylic acid groups (broad SMARTS) is 1.